The lowest BCUT2D eigenvalue weighted by Crippen LogP contribution is -2.19. The van der Waals surface area contributed by atoms with Crippen LogP contribution in [-0.4, -0.2) is 42.1 Å². The van der Waals surface area contributed by atoms with E-state index in [9.17, 15) is 4.79 Å². The molecule has 0 radical (unpaired) electrons. The molecule has 0 aliphatic rings. The Balaban J connectivity index is 1.91. The highest BCUT2D eigenvalue weighted by Gasteiger charge is 2.09. The van der Waals surface area contributed by atoms with Gasteiger partial charge in [-0.1, -0.05) is 11.8 Å². The Kier molecular flexibility index (Phi) is 7.01. The Morgan fingerprint density at radius 1 is 1.33 bits per heavy atom. The van der Waals surface area contributed by atoms with Gasteiger partial charge in [0.1, 0.15) is 0 Å². The molecule has 1 aromatic carbocycles. The number of benzene rings is 1. The fourth-order valence-electron chi connectivity index (χ4n) is 1.71. The van der Waals surface area contributed by atoms with Crippen molar-refractivity contribution in [3.63, 3.8) is 0 Å². The molecule has 24 heavy (non-hydrogen) atoms. The number of carbonyl (C=O) groups excluding carboxylic acids is 1. The number of ether oxygens (including phenoxy) is 2. The van der Waals surface area contributed by atoms with E-state index in [-0.39, 0.29) is 11.7 Å². The molecule has 0 fully saturated rings. The van der Waals surface area contributed by atoms with Crippen LogP contribution in [0.15, 0.2) is 45.3 Å². The summed E-state index contributed by atoms with van der Waals surface area (Å²) in [5.74, 6) is 1.09. The van der Waals surface area contributed by atoms with Gasteiger partial charge < -0.3 is 9.47 Å². The predicted octanol–water partition coefficient (Wildman–Crippen LogP) is 2.50. The molecule has 0 aliphatic heterocycles. The number of rotatable bonds is 7. The van der Waals surface area contributed by atoms with Gasteiger partial charge in [0, 0.05) is 12.4 Å². The summed E-state index contributed by atoms with van der Waals surface area (Å²) in [4.78, 5) is 19.8. The summed E-state index contributed by atoms with van der Waals surface area (Å²) >= 11 is 4.64. The van der Waals surface area contributed by atoms with Gasteiger partial charge >= 0.3 is 0 Å². The monoisotopic (exact) mass is 410 g/mol. The van der Waals surface area contributed by atoms with Crippen LogP contribution in [0, 0.1) is 0 Å². The van der Waals surface area contributed by atoms with Gasteiger partial charge in [-0.15, -0.1) is 0 Å². The van der Waals surface area contributed by atoms with Crippen molar-refractivity contribution in [1.29, 1.82) is 0 Å². The molecule has 7 nitrogen and oxygen atoms in total. The molecule has 0 spiro atoms. The number of amides is 1. The van der Waals surface area contributed by atoms with E-state index in [2.05, 4.69) is 36.4 Å². The number of nitrogens with one attached hydrogen (secondary N) is 1. The molecule has 126 valence electrons. The minimum absolute atomic E-state index is 0.178. The average molecular weight is 411 g/mol. The van der Waals surface area contributed by atoms with Crippen molar-refractivity contribution in [3.05, 3.63) is 40.6 Å². The maximum Gasteiger partial charge on any atom is 0.250 e. The Morgan fingerprint density at radius 2 is 2.08 bits per heavy atom. The lowest BCUT2D eigenvalue weighted by molar-refractivity contribution is -0.118. The van der Waals surface area contributed by atoms with Gasteiger partial charge in [-0.25, -0.2) is 15.4 Å². The summed E-state index contributed by atoms with van der Waals surface area (Å²) < 4.78 is 11.2. The zero-order valence-electron chi connectivity index (χ0n) is 13.0. The molecular formula is C15H15BrN4O3S. The second kappa shape index (κ2) is 9.24. The van der Waals surface area contributed by atoms with Gasteiger partial charge in [0.2, 0.25) is 0 Å². The first-order chi connectivity index (χ1) is 11.6. The van der Waals surface area contributed by atoms with Crippen LogP contribution in [0.2, 0.25) is 0 Å². The summed E-state index contributed by atoms with van der Waals surface area (Å²) in [5, 5.41) is 4.47. The SMILES string of the molecule is COc1cc(/C=N/NC(=O)CSc2ncccn2)cc(Br)c1OC. The van der Waals surface area contributed by atoms with E-state index in [1.807, 2.05) is 6.07 Å². The Morgan fingerprint density at radius 3 is 2.75 bits per heavy atom. The van der Waals surface area contributed by atoms with Gasteiger partial charge in [0.05, 0.1) is 30.7 Å². The zero-order valence-corrected chi connectivity index (χ0v) is 15.4. The number of hydrogen-bond donors (Lipinski definition) is 1. The number of hydrogen-bond acceptors (Lipinski definition) is 7. The third-order valence-electron chi connectivity index (χ3n) is 2.73. The summed E-state index contributed by atoms with van der Waals surface area (Å²) in [6.07, 6.45) is 4.77. The number of hydrazone groups is 1. The highest BCUT2D eigenvalue weighted by molar-refractivity contribution is 9.10. The number of aromatic nitrogens is 2. The van der Waals surface area contributed by atoms with Crippen LogP contribution < -0.4 is 14.9 Å². The minimum Gasteiger partial charge on any atom is -0.493 e. The fraction of sp³-hybridized carbons (Fsp3) is 0.200. The van der Waals surface area contributed by atoms with Crippen molar-refractivity contribution >= 4 is 39.8 Å². The predicted molar refractivity (Wildman–Crippen MR) is 95.7 cm³/mol. The zero-order chi connectivity index (χ0) is 17.4. The molecule has 9 heteroatoms. The van der Waals surface area contributed by atoms with Crippen molar-refractivity contribution in [2.45, 2.75) is 5.16 Å². The van der Waals surface area contributed by atoms with Gasteiger partial charge in [-0.05, 0) is 39.7 Å². The minimum atomic E-state index is -0.247. The molecule has 1 aromatic heterocycles. The van der Waals surface area contributed by atoms with Crippen LogP contribution in [0.3, 0.4) is 0 Å². The Hall–Kier alpha value is -2.13. The highest BCUT2D eigenvalue weighted by atomic mass is 79.9. The van der Waals surface area contributed by atoms with Gasteiger partial charge in [-0.2, -0.15) is 5.10 Å². The summed E-state index contributed by atoms with van der Waals surface area (Å²) in [6, 6.07) is 5.28. The van der Waals surface area contributed by atoms with Crippen LogP contribution in [0.25, 0.3) is 0 Å². The fourth-order valence-corrected chi connectivity index (χ4v) is 2.93. The molecule has 0 bridgehead atoms. The Bertz CT molecular complexity index is 728. The van der Waals surface area contributed by atoms with E-state index in [0.29, 0.717) is 16.7 Å². The van der Waals surface area contributed by atoms with Crippen molar-refractivity contribution in [1.82, 2.24) is 15.4 Å². The second-order valence-electron chi connectivity index (χ2n) is 4.35. The van der Waals surface area contributed by atoms with E-state index in [4.69, 9.17) is 9.47 Å². The van der Waals surface area contributed by atoms with Crippen LogP contribution in [0.4, 0.5) is 0 Å². The topological polar surface area (TPSA) is 85.7 Å². The second-order valence-corrected chi connectivity index (χ2v) is 6.15. The molecule has 1 amide bonds. The normalized spacial score (nSPS) is 10.6. The lowest BCUT2D eigenvalue weighted by Gasteiger charge is -2.10. The van der Waals surface area contributed by atoms with E-state index < -0.39 is 0 Å². The lowest BCUT2D eigenvalue weighted by atomic mass is 10.2. The van der Waals surface area contributed by atoms with E-state index in [1.54, 1.807) is 38.7 Å². The molecule has 2 rings (SSSR count). The molecule has 2 aromatic rings. The summed E-state index contributed by atoms with van der Waals surface area (Å²) in [7, 11) is 3.11. The molecule has 1 heterocycles. The molecule has 0 saturated carbocycles. The van der Waals surface area contributed by atoms with E-state index >= 15 is 0 Å². The van der Waals surface area contributed by atoms with Crippen molar-refractivity contribution in [2.75, 3.05) is 20.0 Å². The van der Waals surface area contributed by atoms with Crippen LogP contribution in [-0.2, 0) is 4.79 Å². The van der Waals surface area contributed by atoms with Gasteiger partial charge in [0.25, 0.3) is 5.91 Å². The number of methoxy groups -OCH3 is 2. The van der Waals surface area contributed by atoms with E-state index in [0.717, 1.165) is 10.0 Å². The van der Waals surface area contributed by atoms with Crippen molar-refractivity contribution in [2.24, 2.45) is 5.10 Å². The van der Waals surface area contributed by atoms with Crippen LogP contribution in [0.1, 0.15) is 5.56 Å². The average Bonchev–Trinajstić information content (AvgIpc) is 2.60. The van der Waals surface area contributed by atoms with E-state index in [1.165, 1.54) is 18.0 Å². The maximum atomic E-state index is 11.7. The third kappa shape index (κ3) is 5.20. The number of halogens is 1. The quantitative estimate of drug-likeness (QED) is 0.326. The number of thioether (sulfide) groups is 1. The maximum absolute atomic E-state index is 11.7. The Labute approximate surface area is 152 Å². The first-order valence-corrected chi connectivity index (χ1v) is 8.55. The largest absolute Gasteiger partial charge is 0.493 e. The summed E-state index contributed by atoms with van der Waals surface area (Å²) in [6.45, 7) is 0. The van der Waals surface area contributed by atoms with Crippen LogP contribution >= 0.6 is 27.7 Å². The molecular weight excluding hydrogens is 396 g/mol. The van der Waals surface area contributed by atoms with Crippen LogP contribution in [0.5, 0.6) is 11.5 Å². The molecule has 0 saturated heterocycles. The molecule has 1 N–H and O–H groups in total. The van der Waals surface area contributed by atoms with Gasteiger partial charge in [0.15, 0.2) is 16.7 Å². The highest BCUT2D eigenvalue weighted by Crippen LogP contribution is 2.35. The van der Waals surface area contributed by atoms with Crippen molar-refractivity contribution in [3.8, 4) is 11.5 Å². The van der Waals surface area contributed by atoms with Crippen molar-refractivity contribution < 1.29 is 14.3 Å². The molecule has 0 unspecified atom stereocenters. The smallest absolute Gasteiger partial charge is 0.250 e. The van der Waals surface area contributed by atoms with Gasteiger partial charge in [-0.3, -0.25) is 4.79 Å². The number of nitrogens with zero attached hydrogens (tertiary/aromatic N) is 3. The third-order valence-corrected chi connectivity index (χ3v) is 4.20. The first-order valence-electron chi connectivity index (χ1n) is 6.77. The summed E-state index contributed by atoms with van der Waals surface area (Å²) in [5.41, 5.74) is 3.20. The first kappa shape index (κ1) is 18.2. The standard InChI is InChI=1S/C15H15BrN4O3S/c1-22-12-7-10(6-11(16)14(12)23-2)8-19-20-13(21)9-24-15-17-4-3-5-18-15/h3-8H,9H2,1-2H3,(H,20,21)/b19-8+. The molecule has 0 aliphatic carbocycles. The number of carbonyl (C=O) groups is 1. The molecule has 0 atom stereocenters.